The molecule has 1 heterocycles. The lowest BCUT2D eigenvalue weighted by molar-refractivity contribution is 0.103. The number of rotatable bonds is 2. The van der Waals surface area contributed by atoms with Gasteiger partial charge in [0.25, 0.3) is 0 Å². The first-order chi connectivity index (χ1) is 8.50. The molecule has 0 saturated carbocycles. The molecule has 0 aliphatic rings. The molecule has 2 rings (SSSR count). The molecular weight excluding hydrogens is 304 g/mol. The normalized spacial score (nSPS) is 10.4. The van der Waals surface area contributed by atoms with Gasteiger partial charge in [-0.1, -0.05) is 15.9 Å². The molecule has 92 valence electrons. The summed E-state index contributed by atoms with van der Waals surface area (Å²) in [6.07, 6.45) is 2.82. The highest BCUT2D eigenvalue weighted by Gasteiger charge is 2.21. The van der Waals surface area contributed by atoms with Crippen molar-refractivity contribution in [2.24, 2.45) is 0 Å². The van der Waals surface area contributed by atoms with E-state index in [1.807, 2.05) is 0 Å². The predicted octanol–water partition coefficient (Wildman–Crippen LogP) is 3.66. The van der Waals surface area contributed by atoms with Crippen molar-refractivity contribution in [2.45, 2.75) is 6.92 Å². The average Bonchev–Trinajstić information content (AvgIpc) is 2.27. The van der Waals surface area contributed by atoms with Gasteiger partial charge >= 0.3 is 0 Å². The minimum Gasteiger partial charge on any atom is -0.288 e. The van der Waals surface area contributed by atoms with Crippen LogP contribution in [0.4, 0.5) is 8.78 Å². The van der Waals surface area contributed by atoms with Gasteiger partial charge < -0.3 is 0 Å². The number of carbonyl (C=O) groups excluding carboxylic acids is 1. The number of ketones is 1. The molecule has 0 spiro atoms. The number of halogens is 3. The smallest absolute Gasteiger partial charge is 0.200 e. The Bertz CT molecular complexity index is 605. The largest absolute Gasteiger partial charge is 0.288 e. The standard InChI is InChI=1S/C13H8BrF2NO/c1-7-2-3-17-6-9(7)13(18)12-10(15)4-8(14)5-11(12)16/h2-6H,1H3. The Morgan fingerprint density at radius 1 is 1.28 bits per heavy atom. The van der Waals surface area contributed by atoms with Crippen molar-refractivity contribution in [3.05, 3.63) is 63.4 Å². The summed E-state index contributed by atoms with van der Waals surface area (Å²) in [4.78, 5) is 15.9. The fraction of sp³-hybridized carbons (Fsp3) is 0.0769. The summed E-state index contributed by atoms with van der Waals surface area (Å²) in [5.41, 5.74) is 0.253. The minimum atomic E-state index is -0.893. The number of hydrogen-bond acceptors (Lipinski definition) is 2. The van der Waals surface area contributed by atoms with Crippen molar-refractivity contribution >= 4 is 21.7 Å². The molecular formula is C13H8BrF2NO. The monoisotopic (exact) mass is 311 g/mol. The Hall–Kier alpha value is -1.62. The Labute approximate surface area is 111 Å². The van der Waals surface area contributed by atoms with Crippen LogP contribution < -0.4 is 0 Å². The van der Waals surface area contributed by atoms with Crippen LogP contribution in [0.5, 0.6) is 0 Å². The molecule has 1 aromatic heterocycles. The maximum absolute atomic E-state index is 13.7. The first kappa shape index (κ1) is 12.8. The van der Waals surface area contributed by atoms with E-state index in [0.29, 0.717) is 5.56 Å². The van der Waals surface area contributed by atoms with E-state index in [1.165, 1.54) is 12.4 Å². The SMILES string of the molecule is Cc1ccncc1C(=O)c1c(F)cc(Br)cc1F. The zero-order chi connectivity index (χ0) is 13.3. The molecule has 18 heavy (non-hydrogen) atoms. The van der Waals surface area contributed by atoms with Gasteiger partial charge in [-0.05, 0) is 30.7 Å². The lowest BCUT2D eigenvalue weighted by Gasteiger charge is -2.07. The van der Waals surface area contributed by atoms with E-state index in [0.717, 1.165) is 12.1 Å². The number of aryl methyl sites for hydroxylation is 1. The van der Waals surface area contributed by atoms with Gasteiger partial charge in [0, 0.05) is 22.4 Å². The number of carbonyl (C=O) groups is 1. The van der Waals surface area contributed by atoms with E-state index in [9.17, 15) is 13.6 Å². The van der Waals surface area contributed by atoms with Crippen molar-refractivity contribution in [1.82, 2.24) is 4.98 Å². The number of aromatic nitrogens is 1. The van der Waals surface area contributed by atoms with Crippen molar-refractivity contribution < 1.29 is 13.6 Å². The van der Waals surface area contributed by atoms with E-state index < -0.39 is 23.0 Å². The van der Waals surface area contributed by atoms with Crippen LogP contribution in [0.1, 0.15) is 21.5 Å². The molecule has 0 aliphatic heterocycles. The molecule has 5 heteroatoms. The highest BCUT2D eigenvalue weighted by atomic mass is 79.9. The van der Waals surface area contributed by atoms with E-state index in [2.05, 4.69) is 20.9 Å². The van der Waals surface area contributed by atoms with Gasteiger partial charge in [0.05, 0.1) is 5.56 Å². The molecule has 0 saturated heterocycles. The summed E-state index contributed by atoms with van der Waals surface area (Å²) in [7, 11) is 0. The van der Waals surface area contributed by atoms with Gasteiger partial charge in [-0.2, -0.15) is 0 Å². The summed E-state index contributed by atoms with van der Waals surface area (Å²) in [5, 5.41) is 0. The molecule has 0 N–H and O–H groups in total. The van der Waals surface area contributed by atoms with Gasteiger partial charge in [-0.15, -0.1) is 0 Å². The van der Waals surface area contributed by atoms with E-state index in [4.69, 9.17) is 0 Å². The maximum atomic E-state index is 13.7. The highest BCUT2D eigenvalue weighted by Crippen LogP contribution is 2.22. The van der Waals surface area contributed by atoms with Crippen LogP contribution in [0, 0.1) is 18.6 Å². The van der Waals surface area contributed by atoms with Crippen LogP contribution in [0.3, 0.4) is 0 Å². The molecule has 1 aromatic carbocycles. The zero-order valence-corrected chi connectivity index (χ0v) is 11.0. The van der Waals surface area contributed by atoms with Crippen molar-refractivity contribution in [3.8, 4) is 0 Å². The minimum absolute atomic E-state index is 0.192. The van der Waals surface area contributed by atoms with E-state index >= 15 is 0 Å². The zero-order valence-electron chi connectivity index (χ0n) is 9.38. The van der Waals surface area contributed by atoms with Gasteiger partial charge in [0.15, 0.2) is 0 Å². The van der Waals surface area contributed by atoms with Crippen molar-refractivity contribution in [2.75, 3.05) is 0 Å². The third-order valence-electron chi connectivity index (χ3n) is 2.52. The van der Waals surface area contributed by atoms with Gasteiger partial charge in [-0.25, -0.2) is 8.78 Å². The Morgan fingerprint density at radius 2 is 1.89 bits per heavy atom. The molecule has 0 aliphatic carbocycles. The molecule has 0 bridgehead atoms. The molecule has 2 nitrogen and oxygen atoms in total. The second-order valence-corrected chi connectivity index (χ2v) is 4.68. The Kier molecular flexibility index (Phi) is 3.52. The first-order valence-electron chi connectivity index (χ1n) is 5.10. The Morgan fingerprint density at radius 3 is 2.44 bits per heavy atom. The fourth-order valence-corrected chi connectivity index (χ4v) is 2.00. The lowest BCUT2D eigenvalue weighted by Crippen LogP contribution is -2.09. The number of hydrogen-bond donors (Lipinski definition) is 0. The van der Waals surface area contributed by atoms with E-state index in [-0.39, 0.29) is 10.0 Å². The van der Waals surface area contributed by atoms with Crippen LogP contribution in [0.25, 0.3) is 0 Å². The van der Waals surface area contributed by atoms with Crippen LogP contribution in [-0.2, 0) is 0 Å². The van der Waals surface area contributed by atoms with Crippen LogP contribution in [-0.4, -0.2) is 10.8 Å². The molecule has 0 radical (unpaired) electrons. The molecule has 0 amide bonds. The van der Waals surface area contributed by atoms with Gasteiger partial charge in [0.1, 0.15) is 11.6 Å². The molecule has 0 unspecified atom stereocenters. The third kappa shape index (κ3) is 2.31. The third-order valence-corrected chi connectivity index (χ3v) is 2.98. The fourth-order valence-electron chi connectivity index (χ4n) is 1.60. The topological polar surface area (TPSA) is 30.0 Å². The summed E-state index contributed by atoms with van der Waals surface area (Å²) in [5.74, 6) is -2.49. The van der Waals surface area contributed by atoms with Crippen LogP contribution >= 0.6 is 15.9 Å². The van der Waals surface area contributed by atoms with Crippen LogP contribution in [0.2, 0.25) is 0 Å². The summed E-state index contributed by atoms with van der Waals surface area (Å²) in [6, 6.07) is 3.73. The van der Waals surface area contributed by atoms with Crippen molar-refractivity contribution in [1.29, 1.82) is 0 Å². The van der Waals surface area contributed by atoms with Gasteiger partial charge in [-0.3, -0.25) is 9.78 Å². The maximum Gasteiger partial charge on any atom is 0.200 e. The molecule has 2 aromatic rings. The van der Waals surface area contributed by atoms with Crippen LogP contribution in [0.15, 0.2) is 35.1 Å². The van der Waals surface area contributed by atoms with E-state index in [1.54, 1.807) is 13.0 Å². The first-order valence-corrected chi connectivity index (χ1v) is 5.90. The summed E-state index contributed by atoms with van der Waals surface area (Å²) in [6.45, 7) is 1.68. The highest BCUT2D eigenvalue weighted by molar-refractivity contribution is 9.10. The number of nitrogens with zero attached hydrogens (tertiary/aromatic N) is 1. The quantitative estimate of drug-likeness (QED) is 0.792. The second kappa shape index (κ2) is 4.94. The van der Waals surface area contributed by atoms with Gasteiger partial charge in [0.2, 0.25) is 5.78 Å². The number of pyridine rings is 1. The second-order valence-electron chi connectivity index (χ2n) is 3.76. The molecule has 0 fully saturated rings. The predicted molar refractivity (Wildman–Crippen MR) is 66.5 cm³/mol. The lowest BCUT2D eigenvalue weighted by atomic mass is 10.0. The average molecular weight is 312 g/mol. The Balaban J connectivity index is 2.57. The summed E-state index contributed by atoms with van der Waals surface area (Å²) < 4.78 is 27.6. The molecule has 0 atom stereocenters. The summed E-state index contributed by atoms with van der Waals surface area (Å²) >= 11 is 2.96. The van der Waals surface area contributed by atoms with Crippen molar-refractivity contribution in [3.63, 3.8) is 0 Å². The number of benzene rings is 1.